The first kappa shape index (κ1) is 12.0. The van der Waals surface area contributed by atoms with Crippen molar-refractivity contribution < 1.29 is 8.91 Å². The quantitative estimate of drug-likeness (QED) is 0.798. The molecular formula is C13H10FN3OS. The van der Waals surface area contributed by atoms with Gasteiger partial charge in [-0.3, -0.25) is 0 Å². The van der Waals surface area contributed by atoms with E-state index in [0.717, 1.165) is 4.88 Å². The molecule has 1 unspecified atom stereocenters. The van der Waals surface area contributed by atoms with Crippen molar-refractivity contribution in [2.24, 2.45) is 5.73 Å². The van der Waals surface area contributed by atoms with E-state index in [1.165, 1.54) is 23.5 Å². The molecule has 2 heterocycles. The number of nitrogens with zero attached hydrogens (tertiary/aromatic N) is 2. The zero-order valence-corrected chi connectivity index (χ0v) is 10.6. The fourth-order valence-electron chi connectivity index (χ4n) is 1.70. The summed E-state index contributed by atoms with van der Waals surface area (Å²) in [6.07, 6.45) is 0. The van der Waals surface area contributed by atoms with E-state index < -0.39 is 6.04 Å². The van der Waals surface area contributed by atoms with Crippen LogP contribution < -0.4 is 5.73 Å². The predicted molar refractivity (Wildman–Crippen MR) is 70.0 cm³/mol. The molecule has 2 aromatic heterocycles. The highest BCUT2D eigenvalue weighted by atomic mass is 32.1. The van der Waals surface area contributed by atoms with Crippen LogP contribution in [0, 0.1) is 5.82 Å². The lowest BCUT2D eigenvalue weighted by molar-refractivity contribution is 0.368. The number of hydrogen-bond acceptors (Lipinski definition) is 5. The molecule has 1 atom stereocenters. The van der Waals surface area contributed by atoms with Gasteiger partial charge in [0.05, 0.1) is 0 Å². The Kier molecular flexibility index (Phi) is 3.10. The summed E-state index contributed by atoms with van der Waals surface area (Å²) in [5, 5.41) is 5.76. The van der Waals surface area contributed by atoms with Crippen LogP contribution in [0.4, 0.5) is 4.39 Å². The SMILES string of the molecule is NC(c1nc(-c2cccc(F)c2)no1)c1cccs1. The molecule has 0 aliphatic carbocycles. The van der Waals surface area contributed by atoms with Crippen LogP contribution in [0.3, 0.4) is 0 Å². The van der Waals surface area contributed by atoms with E-state index in [-0.39, 0.29) is 5.82 Å². The Balaban J connectivity index is 1.91. The summed E-state index contributed by atoms with van der Waals surface area (Å²) in [6.45, 7) is 0. The molecule has 0 saturated carbocycles. The van der Waals surface area contributed by atoms with Crippen molar-refractivity contribution in [1.82, 2.24) is 10.1 Å². The summed E-state index contributed by atoms with van der Waals surface area (Å²) in [4.78, 5) is 5.15. The van der Waals surface area contributed by atoms with Crippen molar-refractivity contribution in [1.29, 1.82) is 0 Å². The molecule has 19 heavy (non-hydrogen) atoms. The van der Waals surface area contributed by atoms with Crippen LogP contribution in [0.2, 0.25) is 0 Å². The van der Waals surface area contributed by atoms with E-state index in [2.05, 4.69) is 10.1 Å². The molecule has 1 aromatic carbocycles. The molecule has 0 fully saturated rings. The van der Waals surface area contributed by atoms with Gasteiger partial charge in [0, 0.05) is 10.4 Å². The van der Waals surface area contributed by atoms with Gasteiger partial charge in [0.15, 0.2) is 0 Å². The minimum Gasteiger partial charge on any atom is -0.337 e. The largest absolute Gasteiger partial charge is 0.337 e. The molecular weight excluding hydrogens is 265 g/mol. The third-order valence-corrected chi connectivity index (χ3v) is 3.60. The fourth-order valence-corrected chi connectivity index (χ4v) is 2.42. The zero-order chi connectivity index (χ0) is 13.2. The van der Waals surface area contributed by atoms with Gasteiger partial charge in [-0.05, 0) is 23.6 Å². The fraction of sp³-hybridized carbons (Fsp3) is 0.0769. The molecule has 4 nitrogen and oxygen atoms in total. The van der Waals surface area contributed by atoms with Gasteiger partial charge in [0.25, 0.3) is 0 Å². The summed E-state index contributed by atoms with van der Waals surface area (Å²) in [5.74, 6) is 0.314. The van der Waals surface area contributed by atoms with Crippen LogP contribution >= 0.6 is 11.3 Å². The van der Waals surface area contributed by atoms with Gasteiger partial charge in [-0.15, -0.1) is 11.3 Å². The van der Waals surface area contributed by atoms with Crippen LogP contribution in [0.5, 0.6) is 0 Å². The molecule has 0 bridgehead atoms. The molecule has 0 radical (unpaired) electrons. The average Bonchev–Trinajstić information content (AvgIpc) is 3.10. The average molecular weight is 275 g/mol. The molecule has 0 aliphatic rings. The Morgan fingerprint density at radius 2 is 2.16 bits per heavy atom. The summed E-state index contributed by atoms with van der Waals surface area (Å²) >= 11 is 1.52. The van der Waals surface area contributed by atoms with Gasteiger partial charge in [-0.1, -0.05) is 23.4 Å². The van der Waals surface area contributed by atoms with E-state index in [0.29, 0.717) is 17.3 Å². The molecule has 96 valence electrons. The number of nitrogens with two attached hydrogens (primary N) is 1. The maximum Gasteiger partial charge on any atom is 0.249 e. The maximum atomic E-state index is 13.1. The molecule has 2 N–H and O–H groups in total. The molecule has 0 aliphatic heterocycles. The van der Waals surface area contributed by atoms with Crippen LogP contribution in [0.1, 0.15) is 16.8 Å². The Morgan fingerprint density at radius 3 is 2.89 bits per heavy atom. The summed E-state index contributed by atoms with van der Waals surface area (Å²) in [7, 11) is 0. The Morgan fingerprint density at radius 1 is 1.26 bits per heavy atom. The van der Waals surface area contributed by atoms with Crippen molar-refractivity contribution in [3.8, 4) is 11.4 Å². The summed E-state index contributed by atoms with van der Waals surface area (Å²) in [5.41, 5.74) is 6.59. The second-order valence-corrected chi connectivity index (χ2v) is 4.94. The molecule has 0 saturated heterocycles. The summed E-state index contributed by atoms with van der Waals surface area (Å²) < 4.78 is 18.3. The smallest absolute Gasteiger partial charge is 0.249 e. The molecule has 6 heteroatoms. The van der Waals surface area contributed by atoms with E-state index in [1.807, 2.05) is 17.5 Å². The second-order valence-electron chi connectivity index (χ2n) is 3.96. The normalized spacial score (nSPS) is 12.5. The molecule has 0 spiro atoms. The lowest BCUT2D eigenvalue weighted by Crippen LogP contribution is -2.10. The number of aromatic nitrogens is 2. The van der Waals surface area contributed by atoms with Crippen molar-refractivity contribution in [3.05, 3.63) is 58.4 Å². The van der Waals surface area contributed by atoms with Crippen LogP contribution in [-0.4, -0.2) is 10.1 Å². The number of rotatable bonds is 3. The van der Waals surface area contributed by atoms with Crippen molar-refractivity contribution >= 4 is 11.3 Å². The molecule has 0 amide bonds. The predicted octanol–water partition coefficient (Wildman–Crippen LogP) is 2.99. The third kappa shape index (κ3) is 2.40. The Labute approximate surface area is 112 Å². The van der Waals surface area contributed by atoms with Gasteiger partial charge in [0.2, 0.25) is 11.7 Å². The minimum absolute atomic E-state index is 0.321. The highest BCUT2D eigenvalue weighted by Crippen LogP contribution is 2.24. The number of hydrogen-bond donors (Lipinski definition) is 1. The first-order valence-corrected chi connectivity index (χ1v) is 6.50. The number of thiophene rings is 1. The van der Waals surface area contributed by atoms with Crippen molar-refractivity contribution in [3.63, 3.8) is 0 Å². The van der Waals surface area contributed by atoms with Crippen LogP contribution in [-0.2, 0) is 0 Å². The number of benzene rings is 1. The zero-order valence-electron chi connectivity index (χ0n) is 9.79. The van der Waals surface area contributed by atoms with Crippen molar-refractivity contribution in [2.45, 2.75) is 6.04 Å². The Hall–Kier alpha value is -2.05. The van der Waals surface area contributed by atoms with E-state index in [4.69, 9.17) is 10.3 Å². The number of halogens is 1. The lowest BCUT2D eigenvalue weighted by atomic mass is 10.2. The highest BCUT2D eigenvalue weighted by molar-refractivity contribution is 7.10. The Bertz CT molecular complexity index is 681. The minimum atomic E-state index is -0.449. The standard InChI is InChI=1S/C13H10FN3OS/c14-9-4-1-3-8(7-9)12-16-13(18-17-12)11(15)10-5-2-6-19-10/h1-7,11H,15H2. The highest BCUT2D eigenvalue weighted by Gasteiger charge is 2.18. The van der Waals surface area contributed by atoms with Gasteiger partial charge < -0.3 is 10.3 Å². The molecule has 3 aromatic rings. The van der Waals surface area contributed by atoms with Gasteiger partial charge in [-0.2, -0.15) is 4.98 Å². The monoisotopic (exact) mass is 275 g/mol. The first-order chi connectivity index (χ1) is 9.24. The lowest BCUT2D eigenvalue weighted by Gasteiger charge is -2.01. The van der Waals surface area contributed by atoms with E-state index in [1.54, 1.807) is 12.1 Å². The summed E-state index contributed by atoms with van der Waals surface area (Å²) in [6, 6.07) is 9.39. The molecule has 3 rings (SSSR count). The third-order valence-electron chi connectivity index (χ3n) is 2.64. The van der Waals surface area contributed by atoms with Gasteiger partial charge in [0.1, 0.15) is 11.9 Å². The van der Waals surface area contributed by atoms with E-state index >= 15 is 0 Å². The second kappa shape index (κ2) is 4.91. The van der Waals surface area contributed by atoms with Crippen LogP contribution in [0.15, 0.2) is 46.3 Å². The van der Waals surface area contributed by atoms with Gasteiger partial charge in [-0.25, -0.2) is 4.39 Å². The van der Waals surface area contributed by atoms with Gasteiger partial charge >= 0.3 is 0 Å². The van der Waals surface area contributed by atoms with E-state index in [9.17, 15) is 4.39 Å². The topological polar surface area (TPSA) is 64.9 Å². The van der Waals surface area contributed by atoms with Crippen molar-refractivity contribution in [2.75, 3.05) is 0 Å². The maximum absolute atomic E-state index is 13.1. The van der Waals surface area contributed by atoms with Crippen LogP contribution in [0.25, 0.3) is 11.4 Å². The first-order valence-electron chi connectivity index (χ1n) is 5.62.